The van der Waals surface area contributed by atoms with Crippen LogP contribution in [0.15, 0.2) is 30.3 Å². The molecule has 110 valence electrons. The van der Waals surface area contributed by atoms with Gasteiger partial charge in [0.2, 0.25) is 11.5 Å². The number of thiophene rings is 1. The number of nitro benzene ring substituents is 1. The minimum atomic E-state index is -0.561. The first kappa shape index (κ1) is 15.0. The summed E-state index contributed by atoms with van der Waals surface area (Å²) in [4.78, 5) is 23.9. The Morgan fingerprint density at radius 1 is 1.33 bits per heavy atom. The number of carbonyl (C=O) groups excluding carboxylic acids is 1. The number of benzene rings is 1. The van der Waals surface area contributed by atoms with Crippen molar-refractivity contribution in [3.8, 4) is 11.5 Å². The molecule has 0 aliphatic rings. The Labute approximate surface area is 125 Å². The number of aryl methyl sites for hydroxylation is 1. The molecule has 0 unspecified atom stereocenters. The summed E-state index contributed by atoms with van der Waals surface area (Å²) in [6.45, 7) is 1.64. The smallest absolute Gasteiger partial charge is 0.311 e. The largest absolute Gasteiger partial charge is 0.497 e. The second kappa shape index (κ2) is 6.36. The Morgan fingerprint density at radius 3 is 2.67 bits per heavy atom. The van der Waals surface area contributed by atoms with E-state index in [1.807, 2.05) is 13.0 Å². The number of hydrogen-bond donors (Lipinski definition) is 0. The molecule has 1 aromatic heterocycles. The molecular formula is C14H13NO5S. The number of hydrogen-bond acceptors (Lipinski definition) is 6. The zero-order valence-electron chi connectivity index (χ0n) is 11.5. The Hall–Kier alpha value is -2.41. The number of nitro groups is 1. The number of ether oxygens (including phenoxy) is 2. The maximum atomic E-state index is 12.0. The van der Waals surface area contributed by atoms with Crippen LogP contribution in [0.4, 0.5) is 5.69 Å². The molecule has 2 aromatic rings. The number of rotatable bonds is 6. The second-order valence-corrected chi connectivity index (χ2v) is 5.50. The van der Waals surface area contributed by atoms with E-state index in [1.54, 1.807) is 6.07 Å². The summed E-state index contributed by atoms with van der Waals surface area (Å²) in [5, 5.41) is 10.9. The van der Waals surface area contributed by atoms with Gasteiger partial charge < -0.3 is 9.47 Å². The van der Waals surface area contributed by atoms with Crippen molar-refractivity contribution in [3.05, 3.63) is 50.2 Å². The number of methoxy groups -OCH3 is 1. The van der Waals surface area contributed by atoms with Gasteiger partial charge in [0.25, 0.3) is 0 Å². The van der Waals surface area contributed by atoms with Gasteiger partial charge in [-0.2, -0.15) is 0 Å². The van der Waals surface area contributed by atoms with Crippen LogP contribution in [0, 0.1) is 17.0 Å². The molecule has 0 N–H and O–H groups in total. The van der Waals surface area contributed by atoms with Gasteiger partial charge in [-0.15, -0.1) is 11.3 Å². The average molecular weight is 307 g/mol. The molecule has 6 nitrogen and oxygen atoms in total. The fourth-order valence-corrected chi connectivity index (χ4v) is 2.48. The van der Waals surface area contributed by atoms with Gasteiger partial charge in [-0.3, -0.25) is 14.9 Å². The molecule has 0 bridgehead atoms. The van der Waals surface area contributed by atoms with Crippen molar-refractivity contribution < 1.29 is 19.2 Å². The van der Waals surface area contributed by atoms with Crippen LogP contribution >= 0.6 is 11.3 Å². The first-order chi connectivity index (χ1) is 10.0. The summed E-state index contributed by atoms with van der Waals surface area (Å²) < 4.78 is 10.3. The zero-order valence-corrected chi connectivity index (χ0v) is 12.3. The Kier molecular flexibility index (Phi) is 4.54. The quantitative estimate of drug-likeness (QED) is 0.465. The van der Waals surface area contributed by atoms with Gasteiger partial charge in [0.05, 0.1) is 16.9 Å². The fraction of sp³-hybridized carbons (Fsp3) is 0.214. The lowest BCUT2D eigenvalue weighted by molar-refractivity contribution is -0.385. The van der Waals surface area contributed by atoms with Crippen molar-refractivity contribution in [1.29, 1.82) is 0 Å². The highest BCUT2D eigenvalue weighted by Gasteiger charge is 2.18. The topological polar surface area (TPSA) is 78.7 Å². The highest BCUT2D eigenvalue weighted by Crippen LogP contribution is 2.31. The first-order valence-electron chi connectivity index (χ1n) is 6.06. The summed E-state index contributed by atoms with van der Waals surface area (Å²) in [6, 6.07) is 7.70. The Bertz CT molecular complexity index is 680. The lowest BCUT2D eigenvalue weighted by atomic mass is 10.2. The van der Waals surface area contributed by atoms with Gasteiger partial charge in [0.1, 0.15) is 5.75 Å². The molecule has 0 spiro atoms. The van der Waals surface area contributed by atoms with Gasteiger partial charge in [0.15, 0.2) is 6.61 Å². The molecule has 0 saturated carbocycles. The monoisotopic (exact) mass is 307 g/mol. The van der Waals surface area contributed by atoms with Crippen LogP contribution in [-0.2, 0) is 0 Å². The van der Waals surface area contributed by atoms with E-state index < -0.39 is 4.92 Å². The predicted molar refractivity (Wildman–Crippen MR) is 78.5 cm³/mol. The van der Waals surface area contributed by atoms with Crippen molar-refractivity contribution in [2.75, 3.05) is 13.7 Å². The summed E-state index contributed by atoms with van der Waals surface area (Å²) in [7, 11) is 1.45. The average Bonchev–Trinajstić information content (AvgIpc) is 2.90. The summed E-state index contributed by atoms with van der Waals surface area (Å²) in [6.07, 6.45) is 0. The van der Waals surface area contributed by atoms with E-state index in [9.17, 15) is 14.9 Å². The minimum Gasteiger partial charge on any atom is -0.497 e. The van der Waals surface area contributed by atoms with Crippen molar-refractivity contribution >= 4 is 22.8 Å². The highest BCUT2D eigenvalue weighted by molar-refractivity contribution is 7.14. The molecule has 0 radical (unpaired) electrons. The van der Waals surface area contributed by atoms with Gasteiger partial charge in [-0.05, 0) is 25.1 Å². The SMILES string of the molecule is COc1ccc([N+](=O)[O-])c(OCC(=O)c2ccc(C)s2)c1. The second-order valence-electron chi connectivity index (χ2n) is 4.21. The molecule has 0 atom stereocenters. The molecular weight excluding hydrogens is 294 g/mol. The molecule has 0 aliphatic heterocycles. The van der Waals surface area contributed by atoms with Crippen LogP contribution in [0.3, 0.4) is 0 Å². The molecule has 1 aromatic carbocycles. The minimum absolute atomic E-state index is 0.0148. The van der Waals surface area contributed by atoms with E-state index in [4.69, 9.17) is 9.47 Å². The number of carbonyl (C=O) groups is 1. The van der Waals surface area contributed by atoms with Crippen LogP contribution in [-0.4, -0.2) is 24.4 Å². The number of ketones is 1. The summed E-state index contributed by atoms with van der Waals surface area (Å²) in [5.41, 5.74) is -0.203. The van der Waals surface area contributed by atoms with Gasteiger partial charge >= 0.3 is 5.69 Å². The predicted octanol–water partition coefficient (Wildman–Crippen LogP) is 3.24. The van der Waals surface area contributed by atoms with E-state index >= 15 is 0 Å². The van der Waals surface area contributed by atoms with Crippen LogP contribution < -0.4 is 9.47 Å². The number of nitrogens with zero attached hydrogens (tertiary/aromatic N) is 1. The first-order valence-corrected chi connectivity index (χ1v) is 6.88. The Balaban J connectivity index is 2.15. The fourth-order valence-electron chi connectivity index (χ4n) is 1.69. The van der Waals surface area contributed by atoms with Gasteiger partial charge in [-0.1, -0.05) is 0 Å². The summed E-state index contributed by atoms with van der Waals surface area (Å²) >= 11 is 1.36. The van der Waals surface area contributed by atoms with Gasteiger partial charge in [-0.25, -0.2) is 0 Å². The molecule has 0 amide bonds. The molecule has 0 aliphatic carbocycles. The van der Waals surface area contributed by atoms with Crippen molar-refractivity contribution in [2.24, 2.45) is 0 Å². The van der Waals surface area contributed by atoms with E-state index in [1.165, 1.54) is 36.6 Å². The lowest BCUT2D eigenvalue weighted by Crippen LogP contribution is -2.11. The molecule has 0 fully saturated rings. The summed E-state index contributed by atoms with van der Waals surface area (Å²) in [5.74, 6) is 0.223. The van der Waals surface area contributed by atoms with Crippen LogP contribution in [0.1, 0.15) is 14.5 Å². The number of Topliss-reactive ketones (excluding diaryl/α,β-unsaturated/α-hetero) is 1. The van der Waals surface area contributed by atoms with E-state index in [-0.39, 0.29) is 23.8 Å². The van der Waals surface area contributed by atoms with Crippen molar-refractivity contribution in [1.82, 2.24) is 0 Å². The molecule has 7 heteroatoms. The standard InChI is InChI=1S/C14H13NO5S/c1-9-3-6-14(21-9)12(16)8-20-13-7-10(19-2)4-5-11(13)15(17)18/h3-7H,8H2,1-2H3. The normalized spacial score (nSPS) is 10.2. The van der Waals surface area contributed by atoms with Crippen LogP contribution in [0.25, 0.3) is 0 Å². The third-order valence-electron chi connectivity index (χ3n) is 2.74. The zero-order chi connectivity index (χ0) is 15.4. The highest BCUT2D eigenvalue weighted by atomic mass is 32.1. The molecule has 1 heterocycles. The van der Waals surface area contributed by atoms with E-state index in [0.29, 0.717) is 10.6 Å². The maximum absolute atomic E-state index is 12.0. The molecule has 21 heavy (non-hydrogen) atoms. The van der Waals surface area contributed by atoms with Gasteiger partial charge in [0, 0.05) is 17.0 Å². The third-order valence-corrected chi connectivity index (χ3v) is 3.78. The van der Waals surface area contributed by atoms with Crippen LogP contribution in [0.5, 0.6) is 11.5 Å². The third kappa shape index (κ3) is 3.57. The van der Waals surface area contributed by atoms with Crippen LogP contribution in [0.2, 0.25) is 0 Å². The maximum Gasteiger partial charge on any atom is 0.311 e. The van der Waals surface area contributed by atoms with Crippen molar-refractivity contribution in [3.63, 3.8) is 0 Å². The van der Waals surface area contributed by atoms with Crippen molar-refractivity contribution in [2.45, 2.75) is 6.92 Å². The molecule has 0 saturated heterocycles. The van der Waals surface area contributed by atoms with E-state index in [2.05, 4.69) is 0 Å². The van der Waals surface area contributed by atoms with E-state index in [0.717, 1.165) is 4.88 Å². The lowest BCUT2D eigenvalue weighted by Gasteiger charge is -2.07. The molecule has 2 rings (SSSR count). The Morgan fingerprint density at radius 2 is 2.10 bits per heavy atom.